The predicted molar refractivity (Wildman–Crippen MR) is 111 cm³/mol. The first kappa shape index (κ1) is 19.5. The fourth-order valence-electron chi connectivity index (χ4n) is 4.24. The summed E-state index contributed by atoms with van der Waals surface area (Å²) < 4.78 is 6.75. The highest BCUT2D eigenvalue weighted by Crippen LogP contribution is 2.51. The maximum Gasteiger partial charge on any atom is 0.308 e. The minimum Gasteiger partial charge on any atom is -0.378 e. The lowest BCUT2D eigenvalue weighted by molar-refractivity contribution is -0.136. The van der Waals surface area contributed by atoms with Gasteiger partial charge in [0.15, 0.2) is 0 Å². The number of hydrogen-bond donors (Lipinski definition) is 1. The number of nitrogens with zero attached hydrogens (tertiary/aromatic N) is 2. The molecule has 1 aromatic carbocycles. The second kappa shape index (κ2) is 7.68. The molecule has 30 heavy (non-hydrogen) atoms. The van der Waals surface area contributed by atoms with Crippen molar-refractivity contribution in [3.05, 3.63) is 50.4 Å². The van der Waals surface area contributed by atoms with Gasteiger partial charge in [0.05, 0.1) is 24.2 Å². The summed E-state index contributed by atoms with van der Waals surface area (Å²) in [7, 11) is 0. The fraction of sp³-hybridized carbons (Fsp3) is 0.400. The summed E-state index contributed by atoms with van der Waals surface area (Å²) in [6.07, 6.45) is 0. The van der Waals surface area contributed by atoms with Crippen LogP contribution in [0.15, 0.2) is 40.2 Å². The Morgan fingerprint density at radius 3 is 2.57 bits per heavy atom. The molecule has 8 nitrogen and oxygen atoms in total. The van der Waals surface area contributed by atoms with Crippen molar-refractivity contribution >= 4 is 40.8 Å². The lowest BCUT2D eigenvalue weighted by Gasteiger charge is -2.31. The van der Waals surface area contributed by atoms with E-state index in [2.05, 4.69) is 5.32 Å². The van der Waals surface area contributed by atoms with Crippen LogP contribution in [-0.4, -0.2) is 58.7 Å². The molecule has 3 unspecified atom stereocenters. The van der Waals surface area contributed by atoms with Crippen LogP contribution in [0, 0.1) is 5.92 Å². The number of carbonyl (C=O) groups excluding carboxylic acids is 3. The molecule has 3 atom stereocenters. The predicted octanol–water partition coefficient (Wildman–Crippen LogP) is 0.647. The summed E-state index contributed by atoms with van der Waals surface area (Å²) in [6.45, 7) is 1.90. The molecule has 1 N–H and O–H groups in total. The number of ether oxygens (including phenoxy) is 1. The number of nitrogens with one attached hydrogen (secondary N) is 1. The Morgan fingerprint density at radius 1 is 1.10 bits per heavy atom. The van der Waals surface area contributed by atoms with Crippen LogP contribution in [0.2, 0.25) is 0 Å². The topological polar surface area (TPSA) is 97.7 Å². The number of aromatic nitrogens is 1. The highest BCUT2D eigenvalue weighted by Gasteiger charge is 2.52. The van der Waals surface area contributed by atoms with Crippen LogP contribution >= 0.6 is 23.1 Å². The lowest BCUT2D eigenvalue weighted by atomic mass is 9.83. The monoisotopic (exact) mass is 445 g/mol. The third-order valence-electron chi connectivity index (χ3n) is 5.70. The molecule has 0 spiro atoms. The number of hydrogen-bond acceptors (Lipinski definition) is 7. The Morgan fingerprint density at radius 2 is 1.83 bits per heavy atom. The molecule has 3 aliphatic rings. The highest BCUT2D eigenvalue weighted by molar-refractivity contribution is 8.00. The largest absolute Gasteiger partial charge is 0.378 e. The molecule has 3 amide bonds. The number of thioether (sulfide) groups is 1. The van der Waals surface area contributed by atoms with Gasteiger partial charge in [-0.25, -0.2) is 0 Å². The van der Waals surface area contributed by atoms with Gasteiger partial charge in [-0.1, -0.05) is 53.4 Å². The molecule has 0 saturated carbocycles. The minimum absolute atomic E-state index is 0.0773. The standard InChI is InChI=1S/C20H19N3O5S2/c24-12(22-6-8-28-9-7-22)10-23-19-16(30-20(23)27)13(11-4-2-1-3-5-11)14-15(29-19)18(26)21-17(14)25/h1-5,13-15H,6-10H2,(H,21,25,26). The molecule has 2 saturated heterocycles. The van der Waals surface area contributed by atoms with Crippen LogP contribution in [0.4, 0.5) is 0 Å². The van der Waals surface area contributed by atoms with Gasteiger partial charge in [0.25, 0.3) is 0 Å². The number of fused-ring (bicyclic) bond motifs is 2. The first-order valence-electron chi connectivity index (χ1n) is 9.70. The van der Waals surface area contributed by atoms with Crippen LogP contribution < -0.4 is 10.2 Å². The fourth-order valence-corrected chi connectivity index (χ4v) is 6.98. The normalized spacial score (nSPS) is 25.6. The van der Waals surface area contributed by atoms with Crippen molar-refractivity contribution in [2.75, 3.05) is 26.3 Å². The zero-order chi connectivity index (χ0) is 20.8. The van der Waals surface area contributed by atoms with Crippen molar-refractivity contribution in [2.24, 2.45) is 5.92 Å². The second-order valence-electron chi connectivity index (χ2n) is 7.42. The molecule has 2 fully saturated rings. The molecule has 2 aromatic rings. The van der Waals surface area contributed by atoms with E-state index in [0.717, 1.165) is 21.8 Å². The maximum atomic E-state index is 12.9. The van der Waals surface area contributed by atoms with E-state index in [9.17, 15) is 19.2 Å². The van der Waals surface area contributed by atoms with Crippen molar-refractivity contribution in [3.8, 4) is 0 Å². The van der Waals surface area contributed by atoms with Crippen molar-refractivity contribution in [2.45, 2.75) is 22.7 Å². The van der Waals surface area contributed by atoms with Gasteiger partial charge in [0.1, 0.15) is 11.8 Å². The lowest BCUT2D eigenvalue weighted by Crippen LogP contribution is -2.43. The Bertz CT molecular complexity index is 1070. The number of carbonyl (C=O) groups is 3. The van der Waals surface area contributed by atoms with Crippen LogP contribution in [0.3, 0.4) is 0 Å². The van der Waals surface area contributed by atoms with Gasteiger partial charge >= 0.3 is 4.87 Å². The average Bonchev–Trinajstić information content (AvgIpc) is 3.23. The summed E-state index contributed by atoms with van der Waals surface area (Å²) in [5.74, 6) is -1.76. The van der Waals surface area contributed by atoms with Gasteiger partial charge in [-0.2, -0.15) is 0 Å². The number of imide groups is 1. The number of thiazole rings is 1. The maximum absolute atomic E-state index is 12.9. The smallest absolute Gasteiger partial charge is 0.308 e. The van der Waals surface area contributed by atoms with Gasteiger partial charge in [-0.3, -0.25) is 29.1 Å². The van der Waals surface area contributed by atoms with Gasteiger partial charge in [0, 0.05) is 23.9 Å². The van der Waals surface area contributed by atoms with Crippen LogP contribution in [0.1, 0.15) is 16.4 Å². The molecular weight excluding hydrogens is 426 g/mol. The van der Waals surface area contributed by atoms with E-state index in [4.69, 9.17) is 4.74 Å². The van der Waals surface area contributed by atoms with Gasteiger partial charge < -0.3 is 9.64 Å². The number of morpholine rings is 1. The number of rotatable bonds is 3. The minimum atomic E-state index is -0.617. The number of benzene rings is 1. The van der Waals surface area contributed by atoms with Crippen molar-refractivity contribution in [3.63, 3.8) is 0 Å². The Hall–Kier alpha value is -2.43. The molecular formula is C20H19N3O5S2. The average molecular weight is 446 g/mol. The van der Waals surface area contributed by atoms with Crippen molar-refractivity contribution < 1.29 is 19.1 Å². The first-order chi connectivity index (χ1) is 14.5. The second-order valence-corrected chi connectivity index (χ2v) is 9.55. The Balaban J connectivity index is 1.56. The van der Waals surface area contributed by atoms with E-state index in [1.165, 1.54) is 16.3 Å². The number of amides is 3. The Labute approximate surface area is 180 Å². The molecule has 3 aliphatic heterocycles. The Kier molecular flexibility index (Phi) is 5.00. The van der Waals surface area contributed by atoms with E-state index >= 15 is 0 Å². The van der Waals surface area contributed by atoms with E-state index in [0.29, 0.717) is 31.3 Å². The summed E-state index contributed by atoms with van der Waals surface area (Å²) in [5.41, 5.74) is 0.881. The molecule has 4 heterocycles. The van der Waals surface area contributed by atoms with Crippen LogP contribution in [0.5, 0.6) is 0 Å². The molecule has 156 valence electrons. The summed E-state index contributed by atoms with van der Waals surface area (Å²) in [4.78, 5) is 52.9. The molecule has 1 aromatic heterocycles. The molecule has 0 bridgehead atoms. The summed E-state index contributed by atoms with van der Waals surface area (Å²) >= 11 is 2.28. The third kappa shape index (κ3) is 3.19. The molecule has 10 heteroatoms. The van der Waals surface area contributed by atoms with Crippen LogP contribution in [0.25, 0.3) is 0 Å². The van der Waals surface area contributed by atoms with Crippen molar-refractivity contribution in [1.82, 2.24) is 14.8 Å². The first-order valence-corrected chi connectivity index (χ1v) is 11.4. The van der Waals surface area contributed by atoms with Crippen molar-refractivity contribution in [1.29, 1.82) is 0 Å². The molecule has 5 rings (SSSR count). The van der Waals surface area contributed by atoms with Gasteiger partial charge in [-0.05, 0) is 5.56 Å². The van der Waals surface area contributed by atoms with E-state index in [-0.39, 0.29) is 29.1 Å². The van der Waals surface area contributed by atoms with E-state index in [1.54, 1.807) is 4.90 Å². The van der Waals surface area contributed by atoms with E-state index in [1.807, 2.05) is 30.3 Å². The van der Waals surface area contributed by atoms with E-state index < -0.39 is 17.1 Å². The van der Waals surface area contributed by atoms with Crippen LogP contribution in [-0.2, 0) is 25.7 Å². The van der Waals surface area contributed by atoms with Gasteiger partial charge in [0.2, 0.25) is 17.7 Å². The third-order valence-corrected chi connectivity index (χ3v) is 8.32. The SMILES string of the molecule is O=C1NC(=O)C2C1Sc1c(sc(=O)n1CC(=O)N1CCOCC1)C2c1ccccc1. The molecule has 0 radical (unpaired) electrons. The highest BCUT2D eigenvalue weighted by atomic mass is 32.2. The van der Waals surface area contributed by atoms with Gasteiger partial charge in [-0.15, -0.1) is 0 Å². The zero-order valence-electron chi connectivity index (χ0n) is 15.9. The summed E-state index contributed by atoms with van der Waals surface area (Å²) in [5, 5.41) is 2.44. The molecule has 0 aliphatic carbocycles. The summed E-state index contributed by atoms with van der Waals surface area (Å²) in [6, 6.07) is 9.45. The quantitative estimate of drug-likeness (QED) is 0.697. The zero-order valence-corrected chi connectivity index (χ0v) is 17.5.